The Morgan fingerprint density at radius 2 is 1.78 bits per heavy atom. The third-order valence-electron chi connectivity index (χ3n) is 4.31. The molecule has 0 aliphatic carbocycles. The van der Waals surface area contributed by atoms with Crippen LogP contribution in [0.15, 0.2) is 47.4 Å². The van der Waals surface area contributed by atoms with Gasteiger partial charge in [0.25, 0.3) is 0 Å². The van der Waals surface area contributed by atoms with Gasteiger partial charge in [-0.05, 0) is 60.7 Å². The molecular weight excluding hydrogens is 386 g/mol. The number of benzene rings is 2. The van der Waals surface area contributed by atoms with E-state index in [0.717, 1.165) is 16.7 Å². The van der Waals surface area contributed by atoms with Crippen LogP contribution in [0, 0.1) is 0 Å². The first-order valence-electron chi connectivity index (χ1n) is 8.24. The van der Waals surface area contributed by atoms with E-state index in [1.165, 1.54) is 4.31 Å². The zero-order valence-corrected chi connectivity index (χ0v) is 16.6. The number of ketones is 1. The summed E-state index contributed by atoms with van der Waals surface area (Å²) in [4.78, 5) is 25.4. The van der Waals surface area contributed by atoms with Gasteiger partial charge in [-0.3, -0.25) is 9.10 Å². The van der Waals surface area contributed by atoms with E-state index in [9.17, 15) is 18.0 Å². The molecule has 0 fully saturated rings. The van der Waals surface area contributed by atoms with Crippen molar-refractivity contribution in [2.75, 3.05) is 30.0 Å². The molecule has 0 saturated carbocycles. The SMILES string of the molecule is CSc1ccc(C(=O)OCC(=O)c2ccc3c(c2)CCN3S(C)(=O)=O)cc1. The molecule has 8 heteroatoms. The summed E-state index contributed by atoms with van der Waals surface area (Å²) in [6.07, 6.45) is 3.65. The van der Waals surface area contributed by atoms with Gasteiger partial charge in [0.1, 0.15) is 0 Å². The summed E-state index contributed by atoms with van der Waals surface area (Å²) in [6.45, 7) is 0.00449. The number of hydrogen-bond acceptors (Lipinski definition) is 6. The number of fused-ring (bicyclic) bond motifs is 1. The van der Waals surface area contributed by atoms with E-state index < -0.39 is 16.0 Å². The summed E-state index contributed by atoms with van der Waals surface area (Å²) >= 11 is 1.57. The Bertz CT molecular complexity index is 984. The minimum Gasteiger partial charge on any atom is -0.454 e. The predicted octanol–water partition coefficient (Wildman–Crippen LogP) is 2.77. The lowest BCUT2D eigenvalue weighted by atomic mass is 10.1. The number of anilines is 1. The van der Waals surface area contributed by atoms with Crippen LogP contribution in [0.1, 0.15) is 26.3 Å². The van der Waals surface area contributed by atoms with Crippen LogP contribution < -0.4 is 4.31 Å². The first kappa shape index (κ1) is 19.4. The standard InChI is InChI=1S/C19H19NO5S2/c1-26-16-6-3-13(4-7-16)19(22)25-12-18(21)15-5-8-17-14(11-15)9-10-20(17)27(2,23)24/h3-8,11H,9-10,12H2,1-2H3. The van der Waals surface area contributed by atoms with Crippen molar-refractivity contribution in [2.24, 2.45) is 0 Å². The number of carbonyl (C=O) groups is 2. The van der Waals surface area contributed by atoms with Gasteiger partial charge >= 0.3 is 5.97 Å². The van der Waals surface area contributed by atoms with E-state index in [2.05, 4.69) is 0 Å². The molecule has 1 heterocycles. The lowest BCUT2D eigenvalue weighted by molar-refractivity contribution is 0.0474. The predicted molar refractivity (Wildman–Crippen MR) is 105 cm³/mol. The van der Waals surface area contributed by atoms with Crippen molar-refractivity contribution < 1.29 is 22.7 Å². The summed E-state index contributed by atoms with van der Waals surface area (Å²) in [5.41, 5.74) is 2.18. The van der Waals surface area contributed by atoms with Gasteiger partial charge in [0.2, 0.25) is 10.0 Å². The van der Waals surface area contributed by atoms with Crippen LogP contribution in [0.2, 0.25) is 0 Å². The normalized spacial score (nSPS) is 13.3. The fourth-order valence-corrected chi connectivity index (χ4v) is 4.28. The largest absolute Gasteiger partial charge is 0.454 e. The third kappa shape index (κ3) is 4.33. The zero-order valence-electron chi connectivity index (χ0n) is 15.0. The molecule has 0 amide bonds. The number of sulfonamides is 1. The average Bonchev–Trinajstić information content (AvgIpc) is 3.09. The number of esters is 1. The highest BCUT2D eigenvalue weighted by Gasteiger charge is 2.26. The van der Waals surface area contributed by atoms with Gasteiger partial charge in [-0.1, -0.05) is 0 Å². The Kier molecular flexibility index (Phi) is 5.57. The summed E-state index contributed by atoms with van der Waals surface area (Å²) in [7, 11) is -3.33. The first-order chi connectivity index (χ1) is 12.8. The molecule has 0 saturated heterocycles. The van der Waals surface area contributed by atoms with Crippen molar-refractivity contribution >= 4 is 39.2 Å². The highest BCUT2D eigenvalue weighted by atomic mass is 32.2. The average molecular weight is 405 g/mol. The molecule has 0 radical (unpaired) electrons. The number of thioether (sulfide) groups is 1. The van der Waals surface area contributed by atoms with Crippen molar-refractivity contribution in [3.05, 3.63) is 59.2 Å². The number of nitrogens with zero attached hydrogens (tertiary/aromatic N) is 1. The summed E-state index contributed by atoms with van der Waals surface area (Å²) < 4.78 is 30.0. The number of hydrogen-bond donors (Lipinski definition) is 0. The van der Waals surface area contributed by atoms with E-state index in [0.29, 0.717) is 29.8 Å². The van der Waals surface area contributed by atoms with Crippen LogP contribution >= 0.6 is 11.8 Å². The molecule has 2 aromatic rings. The van der Waals surface area contributed by atoms with E-state index in [-0.39, 0.29) is 12.4 Å². The number of ether oxygens (including phenoxy) is 1. The molecule has 142 valence electrons. The van der Waals surface area contributed by atoms with Crippen LogP contribution in [0.25, 0.3) is 0 Å². The Morgan fingerprint density at radius 3 is 2.41 bits per heavy atom. The van der Waals surface area contributed by atoms with Crippen molar-refractivity contribution in [2.45, 2.75) is 11.3 Å². The maximum atomic E-state index is 12.3. The molecule has 0 spiro atoms. The molecule has 0 bridgehead atoms. The summed E-state index contributed by atoms with van der Waals surface area (Å²) in [6, 6.07) is 11.8. The first-order valence-corrected chi connectivity index (χ1v) is 11.3. The molecule has 0 atom stereocenters. The highest BCUT2D eigenvalue weighted by Crippen LogP contribution is 2.30. The van der Waals surface area contributed by atoms with Crippen LogP contribution in [-0.4, -0.2) is 45.8 Å². The topological polar surface area (TPSA) is 80.8 Å². The van der Waals surface area contributed by atoms with Crippen molar-refractivity contribution in [3.8, 4) is 0 Å². The van der Waals surface area contributed by atoms with Gasteiger partial charge in [-0.25, -0.2) is 13.2 Å². The quantitative estimate of drug-likeness (QED) is 0.418. The molecule has 0 unspecified atom stereocenters. The summed E-state index contributed by atoms with van der Waals surface area (Å²) in [5, 5.41) is 0. The Morgan fingerprint density at radius 1 is 1.11 bits per heavy atom. The number of carbonyl (C=O) groups excluding carboxylic acids is 2. The summed E-state index contributed by atoms with van der Waals surface area (Å²) in [5.74, 6) is -0.884. The van der Waals surface area contributed by atoms with E-state index >= 15 is 0 Å². The fourth-order valence-electron chi connectivity index (χ4n) is 2.91. The molecule has 1 aliphatic rings. The Balaban J connectivity index is 1.66. The minimum atomic E-state index is -3.33. The smallest absolute Gasteiger partial charge is 0.338 e. The van der Waals surface area contributed by atoms with Crippen molar-refractivity contribution in [1.29, 1.82) is 0 Å². The molecule has 27 heavy (non-hydrogen) atoms. The molecule has 0 aromatic heterocycles. The van der Waals surface area contributed by atoms with E-state index in [1.807, 2.05) is 18.4 Å². The Labute approximate surface area is 162 Å². The van der Waals surface area contributed by atoms with Gasteiger partial charge in [0.15, 0.2) is 12.4 Å². The lowest BCUT2D eigenvalue weighted by Gasteiger charge is -2.16. The van der Waals surface area contributed by atoms with Crippen molar-refractivity contribution in [3.63, 3.8) is 0 Å². The van der Waals surface area contributed by atoms with Crippen LogP contribution in [0.5, 0.6) is 0 Å². The zero-order chi connectivity index (χ0) is 19.6. The highest BCUT2D eigenvalue weighted by molar-refractivity contribution is 7.98. The number of Topliss-reactive ketones (excluding diaryl/α,β-unsaturated/α-hetero) is 1. The molecule has 2 aromatic carbocycles. The van der Waals surface area contributed by atoms with Gasteiger partial charge in [0.05, 0.1) is 17.5 Å². The third-order valence-corrected chi connectivity index (χ3v) is 6.24. The maximum Gasteiger partial charge on any atom is 0.338 e. The molecule has 3 rings (SSSR count). The number of rotatable bonds is 6. The lowest BCUT2D eigenvalue weighted by Crippen LogP contribution is -2.27. The van der Waals surface area contributed by atoms with Crippen LogP contribution in [0.3, 0.4) is 0 Å². The Hall–Kier alpha value is -2.32. The minimum absolute atomic E-state index is 0.329. The van der Waals surface area contributed by atoms with Gasteiger partial charge in [0, 0.05) is 17.0 Å². The molecule has 0 N–H and O–H groups in total. The van der Waals surface area contributed by atoms with Gasteiger partial charge in [-0.15, -0.1) is 11.8 Å². The van der Waals surface area contributed by atoms with E-state index in [1.54, 1.807) is 42.1 Å². The fraction of sp³-hybridized carbons (Fsp3) is 0.263. The molecular formula is C19H19NO5S2. The second-order valence-corrected chi connectivity index (χ2v) is 8.94. The van der Waals surface area contributed by atoms with Gasteiger partial charge < -0.3 is 4.74 Å². The monoisotopic (exact) mass is 405 g/mol. The molecule has 6 nitrogen and oxygen atoms in total. The second kappa shape index (κ2) is 7.74. The molecule has 1 aliphatic heterocycles. The van der Waals surface area contributed by atoms with Crippen molar-refractivity contribution in [1.82, 2.24) is 0 Å². The van der Waals surface area contributed by atoms with Gasteiger partial charge in [-0.2, -0.15) is 0 Å². The van der Waals surface area contributed by atoms with Crippen LogP contribution in [-0.2, 0) is 21.2 Å². The van der Waals surface area contributed by atoms with E-state index in [4.69, 9.17) is 4.74 Å². The second-order valence-electron chi connectivity index (χ2n) is 6.16. The van der Waals surface area contributed by atoms with Crippen LogP contribution in [0.4, 0.5) is 5.69 Å². The maximum absolute atomic E-state index is 12.3.